The lowest BCUT2D eigenvalue weighted by Gasteiger charge is -2.18. The summed E-state index contributed by atoms with van der Waals surface area (Å²) in [4.78, 5) is 38.4. The molecule has 0 aliphatic rings. The Hall–Kier alpha value is -4.71. The fourth-order valence-electron chi connectivity index (χ4n) is 9.23. The predicted octanol–water partition coefficient (Wildman–Crippen LogP) is 23.9. The van der Waals surface area contributed by atoms with Gasteiger partial charge in [0, 0.05) is 19.3 Å². The van der Waals surface area contributed by atoms with Gasteiger partial charge in [-0.25, -0.2) is 0 Å². The molecule has 6 heteroatoms. The number of allylic oxidation sites excluding steroid dienone is 24. The van der Waals surface area contributed by atoms with Crippen LogP contribution in [0.4, 0.5) is 0 Å². The van der Waals surface area contributed by atoms with E-state index in [0.29, 0.717) is 19.3 Å². The third-order valence-corrected chi connectivity index (χ3v) is 14.3. The van der Waals surface area contributed by atoms with Gasteiger partial charge in [-0.05, 0) is 141 Å². The molecule has 1 atom stereocenters. The Morgan fingerprint density at radius 3 is 0.771 bits per heavy atom. The highest BCUT2D eigenvalue weighted by atomic mass is 16.6. The van der Waals surface area contributed by atoms with E-state index in [9.17, 15) is 14.4 Å². The van der Waals surface area contributed by atoms with E-state index in [-0.39, 0.29) is 37.5 Å². The number of unbranched alkanes of at least 4 members (excludes halogenated alkanes) is 26. The molecule has 0 aliphatic heterocycles. The Morgan fingerprint density at radius 1 is 0.253 bits per heavy atom. The van der Waals surface area contributed by atoms with Gasteiger partial charge >= 0.3 is 17.9 Å². The van der Waals surface area contributed by atoms with Crippen molar-refractivity contribution in [3.05, 3.63) is 146 Å². The average molecular weight is 1150 g/mol. The standard InChI is InChI=1S/C77H126O6/c1-4-7-10-13-16-19-22-25-28-31-33-35-36-37-38-39-40-42-43-46-49-52-55-58-61-64-67-70-76(79)82-73-74(72-81-75(78)69-66-63-60-57-54-51-48-45-30-27-24-21-18-15-12-9-6-3)83-77(80)71-68-65-62-59-56-53-50-47-44-41-34-32-29-26-23-20-17-14-11-8-5-2/h7-8,10-11,16-17,19-20,25-30,33-35,37-38,41,47,50,56,59,74H,4-6,9,12-15,18,21-24,31-32,36,39-40,42-46,48-49,51-55,57-58,60-73H2,1-3H3/b10-7-,11-8-,19-16-,20-17-,28-25-,29-26-,30-27-,35-33-,38-37-,41-34-,50-47-,59-56-. The molecule has 0 radical (unpaired) electrons. The summed E-state index contributed by atoms with van der Waals surface area (Å²) in [6, 6.07) is 0. The van der Waals surface area contributed by atoms with Crippen LogP contribution in [0.1, 0.15) is 303 Å². The highest BCUT2D eigenvalue weighted by Gasteiger charge is 2.19. The van der Waals surface area contributed by atoms with Crippen LogP contribution in [0.2, 0.25) is 0 Å². The quantitative estimate of drug-likeness (QED) is 0.0261. The van der Waals surface area contributed by atoms with Gasteiger partial charge in [0.15, 0.2) is 6.10 Å². The first kappa shape index (κ1) is 78.3. The molecule has 0 aromatic rings. The number of ether oxygens (including phenoxy) is 3. The molecule has 0 bridgehead atoms. The number of rotatable bonds is 61. The van der Waals surface area contributed by atoms with Crippen molar-refractivity contribution in [3.8, 4) is 0 Å². The summed E-state index contributed by atoms with van der Waals surface area (Å²) in [5.41, 5.74) is 0. The molecule has 0 aromatic carbocycles. The Morgan fingerprint density at radius 2 is 0.470 bits per heavy atom. The second kappa shape index (κ2) is 69.8. The van der Waals surface area contributed by atoms with E-state index < -0.39 is 6.10 Å². The minimum atomic E-state index is -0.812. The Labute approximate surface area is 512 Å². The number of carbonyl (C=O) groups is 3. The summed E-state index contributed by atoms with van der Waals surface area (Å²) >= 11 is 0. The highest BCUT2D eigenvalue weighted by Crippen LogP contribution is 2.16. The molecule has 0 amide bonds. The molecule has 0 aliphatic carbocycles. The van der Waals surface area contributed by atoms with Crippen LogP contribution >= 0.6 is 0 Å². The maximum atomic E-state index is 12.9. The van der Waals surface area contributed by atoms with Gasteiger partial charge in [0.05, 0.1) is 0 Å². The van der Waals surface area contributed by atoms with Crippen molar-refractivity contribution in [2.24, 2.45) is 0 Å². The first-order valence-corrected chi connectivity index (χ1v) is 34.3. The molecule has 0 N–H and O–H groups in total. The molecule has 470 valence electrons. The van der Waals surface area contributed by atoms with Crippen LogP contribution in [0.25, 0.3) is 0 Å². The van der Waals surface area contributed by atoms with Gasteiger partial charge in [-0.15, -0.1) is 0 Å². The Balaban J connectivity index is 4.44. The molecule has 0 saturated carbocycles. The molecular formula is C77H126O6. The summed E-state index contributed by atoms with van der Waals surface area (Å²) in [5, 5.41) is 0. The monoisotopic (exact) mass is 1150 g/mol. The van der Waals surface area contributed by atoms with E-state index in [1.807, 2.05) is 0 Å². The van der Waals surface area contributed by atoms with E-state index in [1.165, 1.54) is 135 Å². The van der Waals surface area contributed by atoms with Crippen molar-refractivity contribution in [1.29, 1.82) is 0 Å². The lowest BCUT2D eigenvalue weighted by atomic mass is 10.0. The fourth-order valence-corrected chi connectivity index (χ4v) is 9.23. The van der Waals surface area contributed by atoms with Crippen LogP contribution in [0.3, 0.4) is 0 Å². The van der Waals surface area contributed by atoms with E-state index in [2.05, 4.69) is 167 Å². The Bertz CT molecular complexity index is 1800. The zero-order valence-corrected chi connectivity index (χ0v) is 53.9. The third-order valence-electron chi connectivity index (χ3n) is 14.3. The van der Waals surface area contributed by atoms with Crippen LogP contribution in [0, 0.1) is 0 Å². The van der Waals surface area contributed by atoms with Crippen molar-refractivity contribution in [1.82, 2.24) is 0 Å². The van der Waals surface area contributed by atoms with Crippen LogP contribution in [-0.4, -0.2) is 37.2 Å². The molecule has 0 saturated heterocycles. The second-order valence-corrected chi connectivity index (χ2v) is 22.3. The summed E-state index contributed by atoms with van der Waals surface area (Å²) in [6.07, 6.45) is 100. The molecule has 0 rings (SSSR count). The van der Waals surface area contributed by atoms with E-state index in [4.69, 9.17) is 14.2 Å². The minimum Gasteiger partial charge on any atom is -0.462 e. The van der Waals surface area contributed by atoms with E-state index in [0.717, 1.165) is 122 Å². The topological polar surface area (TPSA) is 78.9 Å². The number of esters is 3. The van der Waals surface area contributed by atoms with Crippen molar-refractivity contribution >= 4 is 17.9 Å². The van der Waals surface area contributed by atoms with Gasteiger partial charge in [0.1, 0.15) is 13.2 Å². The molecule has 6 nitrogen and oxygen atoms in total. The summed E-state index contributed by atoms with van der Waals surface area (Å²) in [6.45, 7) is 6.39. The van der Waals surface area contributed by atoms with Crippen molar-refractivity contribution in [2.75, 3.05) is 13.2 Å². The largest absolute Gasteiger partial charge is 0.462 e. The van der Waals surface area contributed by atoms with E-state index in [1.54, 1.807) is 0 Å². The van der Waals surface area contributed by atoms with Crippen LogP contribution < -0.4 is 0 Å². The van der Waals surface area contributed by atoms with Gasteiger partial charge in [-0.3, -0.25) is 14.4 Å². The predicted molar refractivity (Wildman–Crippen MR) is 362 cm³/mol. The first-order chi connectivity index (χ1) is 41.0. The van der Waals surface area contributed by atoms with E-state index >= 15 is 0 Å². The first-order valence-electron chi connectivity index (χ1n) is 34.3. The average Bonchev–Trinajstić information content (AvgIpc) is 3.50. The maximum Gasteiger partial charge on any atom is 0.306 e. The molecule has 83 heavy (non-hydrogen) atoms. The van der Waals surface area contributed by atoms with Gasteiger partial charge < -0.3 is 14.2 Å². The van der Waals surface area contributed by atoms with Crippen molar-refractivity contribution < 1.29 is 28.6 Å². The summed E-state index contributed by atoms with van der Waals surface area (Å²) in [5.74, 6) is -0.948. The summed E-state index contributed by atoms with van der Waals surface area (Å²) < 4.78 is 16.9. The maximum absolute atomic E-state index is 12.9. The van der Waals surface area contributed by atoms with Gasteiger partial charge in [0.2, 0.25) is 0 Å². The zero-order valence-electron chi connectivity index (χ0n) is 53.9. The normalized spacial score (nSPS) is 13.0. The van der Waals surface area contributed by atoms with Crippen LogP contribution in [0.5, 0.6) is 0 Å². The molecular weight excluding hydrogens is 1020 g/mol. The third kappa shape index (κ3) is 68.0. The molecule has 1 unspecified atom stereocenters. The highest BCUT2D eigenvalue weighted by molar-refractivity contribution is 5.71. The second-order valence-electron chi connectivity index (χ2n) is 22.3. The number of hydrogen-bond donors (Lipinski definition) is 0. The fraction of sp³-hybridized carbons (Fsp3) is 0.649. The lowest BCUT2D eigenvalue weighted by Crippen LogP contribution is -2.30. The molecule has 0 aromatic heterocycles. The minimum absolute atomic E-state index is 0.102. The molecule has 0 fully saturated rings. The van der Waals surface area contributed by atoms with Crippen LogP contribution in [0.15, 0.2) is 146 Å². The van der Waals surface area contributed by atoms with Crippen molar-refractivity contribution in [3.63, 3.8) is 0 Å². The smallest absolute Gasteiger partial charge is 0.306 e. The molecule has 0 heterocycles. The number of hydrogen-bond acceptors (Lipinski definition) is 6. The van der Waals surface area contributed by atoms with Crippen molar-refractivity contribution in [2.45, 2.75) is 309 Å². The summed E-state index contributed by atoms with van der Waals surface area (Å²) in [7, 11) is 0. The van der Waals surface area contributed by atoms with Gasteiger partial charge in [0.25, 0.3) is 0 Å². The number of carbonyl (C=O) groups excluding carboxylic acids is 3. The SMILES string of the molecule is CC/C=C\C/C=C\C/C=C\C/C=C\C/C=C\C/C=C\CCCCC(=O)OC(COC(=O)CCCCCCCCC/C=C\CCCCCCCC)COC(=O)CCCCCCCCCCCCC/C=C\C/C=C\C/C=C\C/C=C\C/C=C\CC. The van der Waals surface area contributed by atoms with Crippen LogP contribution in [-0.2, 0) is 28.6 Å². The zero-order chi connectivity index (χ0) is 59.9. The lowest BCUT2D eigenvalue weighted by molar-refractivity contribution is -0.167. The van der Waals surface area contributed by atoms with Gasteiger partial charge in [-0.2, -0.15) is 0 Å². The Kier molecular flexibility index (Phi) is 65.8. The molecule has 0 spiro atoms. The van der Waals surface area contributed by atoms with Gasteiger partial charge in [-0.1, -0.05) is 289 Å².